The zero-order valence-corrected chi connectivity index (χ0v) is 10.9. The maximum Gasteiger partial charge on any atom is 0.222 e. The molecule has 3 heteroatoms. The Morgan fingerprint density at radius 2 is 1.74 bits per heavy atom. The molecule has 3 aromatic rings. The van der Waals surface area contributed by atoms with Gasteiger partial charge in [0.15, 0.2) is 0 Å². The highest BCUT2D eigenvalue weighted by Crippen LogP contribution is 2.31. The maximum absolute atomic E-state index is 13.4. The summed E-state index contributed by atoms with van der Waals surface area (Å²) in [6.07, 6.45) is 0.0296. The summed E-state index contributed by atoms with van der Waals surface area (Å²) in [5.74, 6) is 0.273. The van der Waals surface area contributed by atoms with Gasteiger partial charge in [-0.25, -0.2) is 9.37 Å². The number of benzene rings is 2. The number of rotatable bonds is 2. The summed E-state index contributed by atoms with van der Waals surface area (Å²) in [6.45, 7) is 3.90. The van der Waals surface area contributed by atoms with E-state index in [-0.39, 0.29) is 11.9 Å². The van der Waals surface area contributed by atoms with Crippen molar-refractivity contribution in [3.05, 3.63) is 48.3 Å². The lowest BCUT2D eigenvalue weighted by Gasteiger charge is -2.13. The lowest BCUT2D eigenvalue weighted by atomic mass is 10.1. The van der Waals surface area contributed by atoms with Crippen LogP contribution in [0.5, 0.6) is 5.88 Å². The standard InChI is InChI=1S/C16H14FNO/c1-10(2)19-16-14-6-4-3-5-12(14)13-8-7-11(17)9-15(13)18-16/h3-10H,1-2H3. The Morgan fingerprint density at radius 1 is 1.00 bits per heavy atom. The smallest absolute Gasteiger partial charge is 0.222 e. The van der Waals surface area contributed by atoms with Crippen LogP contribution in [0.15, 0.2) is 42.5 Å². The van der Waals surface area contributed by atoms with Crippen molar-refractivity contribution in [1.29, 1.82) is 0 Å². The molecule has 19 heavy (non-hydrogen) atoms. The van der Waals surface area contributed by atoms with E-state index >= 15 is 0 Å². The summed E-state index contributed by atoms with van der Waals surface area (Å²) in [5.41, 5.74) is 0.620. The molecule has 2 nitrogen and oxygen atoms in total. The first-order valence-corrected chi connectivity index (χ1v) is 6.30. The summed E-state index contributed by atoms with van der Waals surface area (Å²) in [5, 5.41) is 2.92. The topological polar surface area (TPSA) is 22.1 Å². The van der Waals surface area contributed by atoms with Gasteiger partial charge >= 0.3 is 0 Å². The molecule has 0 saturated carbocycles. The second kappa shape index (κ2) is 4.50. The van der Waals surface area contributed by atoms with Gasteiger partial charge in [-0.2, -0.15) is 0 Å². The van der Waals surface area contributed by atoms with Crippen LogP contribution in [0.1, 0.15) is 13.8 Å². The molecule has 96 valence electrons. The van der Waals surface area contributed by atoms with Gasteiger partial charge < -0.3 is 4.74 Å². The van der Waals surface area contributed by atoms with Crippen LogP contribution in [0.2, 0.25) is 0 Å². The lowest BCUT2D eigenvalue weighted by molar-refractivity contribution is 0.237. The molecule has 3 rings (SSSR count). The Morgan fingerprint density at radius 3 is 2.47 bits per heavy atom. The second-order valence-electron chi connectivity index (χ2n) is 4.79. The largest absolute Gasteiger partial charge is 0.474 e. The van der Waals surface area contributed by atoms with E-state index in [1.165, 1.54) is 12.1 Å². The fraction of sp³-hybridized carbons (Fsp3) is 0.188. The van der Waals surface area contributed by atoms with Crippen LogP contribution in [-0.4, -0.2) is 11.1 Å². The van der Waals surface area contributed by atoms with Gasteiger partial charge in [-0.1, -0.05) is 18.2 Å². The third-order valence-electron chi connectivity index (χ3n) is 2.98. The fourth-order valence-electron chi connectivity index (χ4n) is 2.21. The van der Waals surface area contributed by atoms with Crippen LogP contribution < -0.4 is 4.74 Å². The van der Waals surface area contributed by atoms with Gasteiger partial charge in [-0.15, -0.1) is 0 Å². The average molecular weight is 255 g/mol. The molecule has 1 aromatic heterocycles. The van der Waals surface area contributed by atoms with E-state index in [4.69, 9.17) is 4.74 Å². The lowest BCUT2D eigenvalue weighted by Crippen LogP contribution is -2.07. The van der Waals surface area contributed by atoms with E-state index in [0.29, 0.717) is 11.4 Å². The summed E-state index contributed by atoms with van der Waals surface area (Å²) in [6, 6.07) is 12.6. The maximum atomic E-state index is 13.4. The van der Waals surface area contributed by atoms with Crippen LogP contribution in [0, 0.1) is 5.82 Å². The molecule has 0 atom stereocenters. The van der Waals surface area contributed by atoms with Crippen molar-refractivity contribution in [2.45, 2.75) is 20.0 Å². The molecule has 0 unspecified atom stereocenters. The third kappa shape index (κ3) is 2.12. The number of nitrogens with zero attached hydrogens (tertiary/aromatic N) is 1. The summed E-state index contributed by atoms with van der Waals surface area (Å²) < 4.78 is 19.1. The molecular weight excluding hydrogens is 241 g/mol. The zero-order valence-electron chi connectivity index (χ0n) is 10.9. The molecular formula is C16H14FNO. The monoisotopic (exact) mass is 255 g/mol. The number of fused-ring (bicyclic) bond motifs is 3. The summed E-state index contributed by atoms with van der Waals surface area (Å²) in [7, 11) is 0. The average Bonchev–Trinajstić information content (AvgIpc) is 2.38. The quantitative estimate of drug-likeness (QED) is 0.636. The van der Waals surface area contributed by atoms with Crippen LogP contribution >= 0.6 is 0 Å². The van der Waals surface area contributed by atoms with Crippen LogP contribution in [0.25, 0.3) is 21.7 Å². The van der Waals surface area contributed by atoms with Crippen molar-refractivity contribution in [1.82, 2.24) is 4.98 Å². The first kappa shape index (κ1) is 11.9. The molecule has 0 radical (unpaired) electrons. The predicted molar refractivity (Wildman–Crippen MR) is 75.0 cm³/mol. The predicted octanol–water partition coefficient (Wildman–Crippen LogP) is 4.31. The number of ether oxygens (including phenoxy) is 1. The number of hydrogen-bond acceptors (Lipinski definition) is 2. The summed E-state index contributed by atoms with van der Waals surface area (Å²) in [4.78, 5) is 4.44. The minimum Gasteiger partial charge on any atom is -0.474 e. The van der Waals surface area contributed by atoms with Crippen molar-refractivity contribution in [2.24, 2.45) is 0 Å². The normalized spacial score (nSPS) is 11.4. The number of hydrogen-bond donors (Lipinski definition) is 0. The van der Waals surface area contributed by atoms with Crippen molar-refractivity contribution < 1.29 is 9.13 Å². The Kier molecular flexibility index (Phi) is 2.82. The van der Waals surface area contributed by atoms with Gasteiger partial charge in [0.05, 0.1) is 11.6 Å². The van der Waals surface area contributed by atoms with E-state index in [1.807, 2.05) is 38.1 Å². The SMILES string of the molecule is CC(C)Oc1nc2cc(F)ccc2c2ccccc12. The van der Waals surface area contributed by atoms with Gasteiger partial charge in [0, 0.05) is 16.8 Å². The number of halogens is 1. The fourth-order valence-corrected chi connectivity index (χ4v) is 2.21. The molecule has 0 spiro atoms. The van der Waals surface area contributed by atoms with Gasteiger partial charge in [-0.3, -0.25) is 0 Å². The van der Waals surface area contributed by atoms with E-state index in [0.717, 1.165) is 16.2 Å². The Balaban J connectivity index is 2.39. The van der Waals surface area contributed by atoms with Crippen molar-refractivity contribution in [2.75, 3.05) is 0 Å². The highest BCUT2D eigenvalue weighted by molar-refractivity contribution is 6.07. The molecule has 0 aliphatic carbocycles. The number of pyridine rings is 1. The van der Waals surface area contributed by atoms with Crippen molar-refractivity contribution >= 4 is 21.7 Å². The second-order valence-corrected chi connectivity index (χ2v) is 4.79. The van der Waals surface area contributed by atoms with Gasteiger partial charge in [0.2, 0.25) is 5.88 Å². The van der Waals surface area contributed by atoms with Gasteiger partial charge in [0.1, 0.15) is 5.82 Å². The Labute approximate surface area is 110 Å². The molecule has 0 aliphatic rings. The van der Waals surface area contributed by atoms with Crippen LogP contribution in [-0.2, 0) is 0 Å². The van der Waals surface area contributed by atoms with E-state index in [1.54, 1.807) is 6.07 Å². The minimum atomic E-state index is -0.286. The van der Waals surface area contributed by atoms with Crippen molar-refractivity contribution in [3.8, 4) is 5.88 Å². The zero-order chi connectivity index (χ0) is 13.4. The van der Waals surface area contributed by atoms with Crippen LogP contribution in [0.4, 0.5) is 4.39 Å². The number of aromatic nitrogens is 1. The molecule has 0 saturated heterocycles. The van der Waals surface area contributed by atoms with E-state index < -0.39 is 0 Å². The molecule has 0 aliphatic heterocycles. The molecule has 0 fully saturated rings. The summed E-state index contributed by atoms with van der Waals surface area (Å²) >= 11 is 0. The first-order chi connectivity index (χ1) is 9.15. The Hall–Kier alpha value is -2.16. The highest BCUT2D eigenvalue weighted by Gasteiger charge is 2.10. The highest BCUT2D eigenvalue weighted by atomic mass is 19.1. The third-order valence-corrected chi connectivity index (χ3v) is 2.98. The molecule has 0 bridgehead atoms. The molecule has 0 amide bonds. The first-order valence-electron chi connectivity index (χ1n) is 6.30. The van der Waals surface area contributed by atoms with Crippen LogP contribution in [0.3, 0.4) is 0 Å². The Bertz CT molecular complexity index is 752. The molecule has 0 N–H and O–H groups in total. The molecule has 1 heterocycles. The van der Waals surface area contributed by atoms with Crippen molar-refractivity contribution in [3.63, 3.8) is 0 Å². The molecule has 2 aromatic carbocycles. The van der Waals surface area contributed by atoms with E-state index in [9.17, 15) is 4.39 Å². The van der Waals surface area contributed by atoms with Gasteiger partial charge in [0.25, 0.3) is 0 Å². The minimum absolute atomic E-state index is 0.0296. The van der Waals surface area contributed by atoms with Gasteiger partial charge in [-0.05, 0) is 37.4 Å². The van der Waals surface area contributed by atoms with E-state index in [2.05, 4.69) is 4.98 Å².